The van der Waals surface area contributed by atoms with Crippen molar-refractivity contribution in [3.05, 3.63) is 39.7 Å². The monoisotopic (exact) mass is 556 g/mol. The molecule has 5 rings (SSSR count). The fraction of sp³-hybridized carbons (Fsp3) is 0.536. The minimum absolute atomic E-state index is 0.0505. The molecule has 0 aromatic heterocycles. The number of nitrogens with two attached hydrogens (primary N) is 1. The summed E-state index contributed by atoms with van der Waals surface area (Å²) in [7, 11) is 6.85. The number of ether oxygens (including phenoxy) is 1. The summed E-state index contributed by atoms with van der Waals surface area (Å²) < 4.78 is 5.42. The van der Waals surface area contributed by atoms with Crippen LogP contribution in [0, 0.1) is 11.8 Å². The smallest absolute Gasteiger partial charge is 0.255 e. The number of ketones is 2. The third kappa shape index (κ3) is 4.00. The predicted octanol–water partition coefficient (Wildman–Crippen LogP) is -0.138. The van der Waals surface area contributed by atoms with E-state index in [1.807, 2.05) is 25.1 Å². The lowest BCUT2D eigenvalue weighted by molar-refractivity contribution is -0.153. The van der Waals surface area contributed by atoms with Crippen molar-refractivity contribution in [2.24, 2.45) is 17.6 Å². The summed E-state index contributed by atoms with van der Waals surface area (Å²) in [4.78, 5) is 44.9. The Morgan fingerprint density at radius 1 is 1.15 bits per heavy atom. The summed E-state index contributed by atoms with van der Waals surface area (Å²) in [6.45, 7) is 2.88. The molecule has 12 heteroatoms. The lowest BCUT2D eigenvalue weighted by Crippen LogP contribution is -2.65. The number of fused-ring (bicyclic) bond motifs is 3. The van der Waals surface area contributed by atoms with Gasteiger partial charge in [-0.25, -0.2) is 0 Å². The minimum atomic E-state index is -2.66. The molecule has 4 aliphatic rings. The quantitative estimate of drug-likeness (QED) is 0.305. The molecule has 3 aliphatic carbocycles. The van der Waals surface area contributed by atoms with Crippen LogP contribution in [0.5, 0.6) is 5.75 Å². The summed E-state index contributed by atoms with van der Waals surface area (Å²) >= 11 is 0. The maximum Gasteiger partial charge on any atom is 0.255 e. The molecule has 216 valence electrons. The van der Waals surface area contributed by atoms with Crippen molar-refractivity contribution < 1.29 is 39.5 Å². The van der Waals surface area contributed by atoms with Gasteiger partial charge in [-0.05, 0) is 44.5 Å². The number of aromatic hydroxyl groups is 1. The Bertz CT molecular complexity index is 1360. The number of Topliss-reactive ketones (excluding diaryl/α,β-unsaturated/α-hetero) is 2. The molecule has 12 nitrogen and oxygen atoms in total. The van der Waals surface area contributed by atoms with Gasteiger partial charge in [-0.2, -0.15) is 0 Å². The van der Waals surface area contributed by atoms with E-state index in [9.17, 15) is 34.8 Å². The van der Waals surface area contributed by atoms with E-state index >= 15 is 0 Å². The standard InChI is InChI=1S/C28H36N4O8/c1-30(2)17-11-14(12-32-5-7-40-8-6-32)22(33)19-15(17)9-13-10-16-21(31(3)4)24(35)20(27(29)38)26(37)28(16,39)25(36)18(13)23(19)34/h11,13,16,21,33-34,37,39H,5-10,12H2,1-4H3,(H2,29,38)/t13-,16+,21-,28+/m1/s1. The Morgan fingerprint density at radius 2 is 1.80 bits per heavy atom. The van der Waals surface area contributed by atoms with Gasteiger partial charge in [0.1, 0.15) is 22.8 Å². The Labute approximate surface area is 231 Å². The van der Waals surface area contributed by atoms with Gasteiger partial charge in [0.15, 0.2) is 11.4 Å². The molecule has 6 N–H and O–H groups in total. The van der Waals surface area contributed by atoms with Crippen molar-refractivity contribution in [2.45, 2.75) is 31.0 Å². The highest BCUT2D eigenvalue weighted by atomic mass is 16.5. The molecule has 2 fully saturated rings. The van der Waals surface area contributed by atoms with E-state index in [-0.39, 0.29) is 29.7 Å². The second-order valence-electron chi connectivity index (χ2n) is 11.5. The molecular formula is C28H36N4O8. The van der Waals surface area contributed by atoms with Crippen molar-refractivity contribution in [3.8, 4) is 5.75 Å². The Kier molecular flexibility index (Phi) is 6.94. The second kappa shape index (κ2) is 9.88. The van der Waals surface area contributed by atoms with Gasteiger partial charge in [0.2, 0.25) is 5.78 Å². The summed E-state index contributed by atoms with van der Waals surface area (Å²) in [6.07, 6.45) is 0.294. The number of morpholine rings is 1. The van der Waals surface area contributed by atoms with Crippen molar-refractivity contribution in [3.63, 3.8) is 0 Å². The van der Waals surface area contributed by atoms with Gasteiger partial charge in [0.05, 0.1) is 24.8 Å². The molecule has 1 saturated heterocycles. The molecule has 1 aliphatic heterocycles. The van der Waals surface area contributed by atoms with Gasteiger partial charge in [0, 0.05) is 56.5 Å². The third-order valence-corrected chi connectivity index (χ3v) is 8.76. The van der Waals surface area contributed by atoms with Crippen molar-refractivity contribution >= 4 is 28.9 Å². The van der Waals surface area contributed by atoms with Gasteiger partial charge in [-0.3, -0.25) is 24.2 Å². The summed E-state index contributed by atoms with van der Waals surface area (Å²) in [5.41, 5.74) is 3.81. The number of aliphatic hydroxyl groups is 3. The van der Waals surface area contributed by atoms with E-state index in [0.717, 1.165) is 5.69 Å². The number of phenols is 1. The number of hydrogen-bond acceptors (Lipinski definition) is 11. The molecule has 1 aromatic rings. The van der Waals surface area contributed by atoms with Crippen LogP contribution in [0.2, 0.25) is 0 Å². The van der Waals surface area contributed by atoms with Gasteiger partial charge >= 0.3 is 0 Å². The number of phenolic OH excluding ortho intramolecular Hbond substituents is 1. The van der Waals surface area contributed by atoms with Gasteiger partial charge in [-0.15, -0.1) is 0 Å². The Hall–Kier alpha value is -3.45. The van der Waals surface area contributed by atoms with Crippen molar-refractivity contribution in [2.75, 3.05) is 59.4 Å². The number of nitrogens with zero attached hydrogens (tertiary/aromatic N) is 3. The molecule has 0 unspecified atom stereocenters. The normalized spacial score (nSPS) is 28.9. The molecule has 1 aromatic carbocycles. The first-order chi connectivity index (χ1) is 18.8. The molecule has 40 heavy (non-hydrogen) atoms. The number of benzene rings is 1. The van der Waals surface area contributed by atoms with Crippen LogP contribution in [0.1, 0.15) is 23.1 Å². The molecule has 1 saturated carbocycles. The lowest BCUT2D eigenvalue weighted by atomic mass is 9.57. The van der Waals surface area contributed by atoms with Crippen LogP contribution in [0.3, 0.4) is 0 Å². The van der Waals surface area contributed by atoms with Crippen LogP contribution in [0.25, 0.3) is 5.76 Å². The fourth-order valence-corrected chi connectivity index (χ4v) is 6.87. The SMILES string of the molecule is CN(C)c1cc(CN2CCOCC2)c(O)c2c1C[C@@H]1C[C@H]3[C@@H](N(C)C)C(=O)C(C(N)=O)=C(O)[C@@]3(O)C(=O)C1=C2O. The minimum Gasteiger partial charge on any atom is -0.508 e. The number of carbonyl (C=O) groups is 3. The first-order valence-electron chi connectivity index (χ1n) is 13.3. The number of hydrogen-bond donors (Lipinski definition) is 5. The molecule has 0 spiro atoms. The number of rotatable bonds is 5. The van der Waals surface area contributed by atoms with Gasteiger partial charge in [-0.1, -0.05) is 0 Å². The zero-order valence-corrected chi connectivity index (χ0v) is 23.1. The molecular weight excluding hydrogens is 520 g/mol. The first-order valence-corrected chi connectivity index (χ1v) is 13.3. The second-order valence-corrected chi connectivity index (χ2v) is 11.5. The molecule has 4 atom stereocenters. The van der Waals surface area contributed by atoms with E-state index in [1.165, 1.54) is 4.90 Å². The van der Waals surface area contributed by atoms with Crippen LogP contribution < -0.4 is 10.6 Å². The van der Waals surface area contributed by atoms with Crippen LogP contribution in [0.15, 0.2) is 23.0 Å². The molecule has 1 amide bonds. The highest BCUT2D eigenvalue weighted by Crippen LogP contribution is 2.54. The van der Waals surface area contributed by atoms with E-state index in [0.29, 0.717) is 44.0 Å². The largest absolute Gasteiger partial charge is 0.508 e. The molecule has 1 heterocycles. The Balaban J connectivity index is 1.69. The van der Waals surface area contributed by atoms with E-state index in [1.54, 1.807) is 14.1 Å². The summed E-state index contributed by atoms with van der Waals surface area (Å²) in [6, 6.07) is 0.763. The van der Waals surface area contributed by atoms with Crippen molar-refractivity contribution in [1.29, 1.82) is 0 Å². The first kappa shape index (κ1) is 28.1. The Morgan fingerprint density at radius 3 is 2.38 bits per heavy atom. The number of primary amides is 1. The highest BCUT2D eigenvalue weighted by Gasteiger charge is 2.64. The number of aliphatic hydroxyl groups excluding tert-OH is 2. The van der Waals surface area contributed by atoms with Crippen molar-refractivity contribution in [1.82, 2.24) is 9.80 Å². The van der Waals surface area contributed by atoms with Crippen LogP contribution in [-0.4, -0.2) is 114 Å². The van der Waals surface area contributed by atoms with Crippen LogP contribution in [0.4, 0.5) is 5.69 Å². The van der Waals surface area contributed by atoms with E-state index in [4.69, 9.17) is 10.5 Å². The maximum absolute atomic E-state index is 14.1. The maximum atomic E-state index is 14.1. The molecule has 0 radical (unpaired) electrons. The lowest BCUT2D eigenvalue weighted by Gasteiger charge is -2.50. The number of carbonyl (C=O) groups excluding carboxylic acids is 3. The van der Waals surface area contributed by atoms with E-state index < -0.39 is 58.0 Å². The average molecular weight is 557 g/mol. The van der Waals surface area contributed by atoms with Gasteiger partial charge in [0.25, 0.3) is 5.91 Å². The molecule has 0 bridgehead atoms. The summed E-state index contributed by atoms with van der Waals surface area (Å²) in [5.74, 6) is -6.52. The van der Waals surface area contributed by atoms with Crippen LogP contribution >= 0.6 is 0 Å². The number of amides is 1. The number of anilines is 1. The average Bonchev–Trinajstić information content (AvgIpc) is 2.87. The van der Waals surface area contributed by atoms with Crippen LogP contribution in [-0.2, 0) is 32.1 Å². The fourth-order valence-electron chi connectivity index (χ4n) is 6.87. The third-order valence-electron chi connectivity index (χ3n) is 8.76. The van der Waals surface area contributed by atoms with E-state index in [2.05, 4.69) is 4.90 Å². The van der Waals surface area contributed by atoms with Gasteiger partial charge < -0.3 is 35.8 Å². The zero-order valence-electron chi connectivity index (χ0n) is 23.1. The zero-order chi connectivity index (χ0) is 29.3. The topological polar surface area (TPSA) is 177 Å². The predicted molar refractivity (Wildman–Crippen MR) is 145 cm³/mol. The summed E-state index contributed by atoms with van der Waals surface area (Å²) in [5, 5.41) is 45.8. The number of likely N-dealkylation sites (N-methyl/N-ethyl adjacent to an activating group) is 1. The highest BCUT2D eigenvalue weighted by molar-refractivity contribution is 6.24.